The molecule has 0 radical (unpaired) electrons. The predicted molar refractivity (Wildman–Crippen MR) is 105 cm³/mol. The van der Waals surface area contributed by atoms with Crippen molar-refractivity contribution in [1.82, 2.24) is 5.32 Å². The molecule has 2 N–H and O–H groups in total. The van der Waals surface area contributed by atoms with E-state index in [1.807, 2.05) is 0 Å². The van der Waals surface area contributed by atoms with Gasteiger partial charge >= 0.3 is 6.18 Å². The normalized spacial score (nSPS) is 14.0. The second-order valence-electron chi connectivity index (χ2n) is 6.62. The fourth-order valence-corrected chi connectivity index (χ4v) is 3.23. The summed E-state index contributed by atoms with van der Waals surface area (Å²) in [5, 5.41) is 4.20. The minimum Gasteiger partial charge on any atom is -0.343 e. The third-order valence-electron chi connectivity index (χ3n) is 4.48. The van der Waals surface area contributed by atoms with Crippen molar-refractivity contribution in [1.29, 1.82) is 0 Å². The molecular formula is C20H17ClF3N3O3. The van der Waals surface area contributed by atoms with E-state index in [1.54, 1.807) is 17.0 Å². The van der Waals surface area contributed by atoms with Crippen LogP contribution in [0, 0.1) is 0 Å². The van der Waals surface area contributed by atoms with E-state index in [-0.39, 0.29) is 17.2 Å². The Bertz CT molecular complexity index is 977. The van der Waals surface area contributed by atoms with Gasteiger partial charge in [-0.2, -0.15) is 13.2 Å². The highest BCUT2D eigenvalue weighted by Gasteiger charge is 2.33. The zero-order chi connectivity index (χ0) is 21.9. The average molecular weight is 440 g/mol. The Morgan fingerprint density at radius 1 is 1.10 bits per heavy atom. The van der Waals surface area contributed by atoms with Gasteiger partial charge in [0.15, 0.2) is 0 Å². The molecule has 3 rings (SSSR count). The van der Waals surface area contributed by atoms with Gasteiger partial charge in [-0.05, 0) is 48.9 Å². The van der Waals surface area contributed by atoms with Crippen LogP contribution in [0.5, 0.6) is 0 Å². The van der Waals surface area contributed by atoms with Crippen molar-refractivity contribution in [3.63, 3.8) is 0 Å². The van der Waals surface area contributed by atoms with Crippen molar-refractivity contribution < 1.29 is 27.6 Å². The standard InChI is InChI=1S/C20H17ClF3N3O3/c21-16-8-5-13(10-15(16)20(22,23)24)26-17(28)11-25-19(30)12-3-6-14(7-4-12)27-9-1-2-18(27)29/h3-8,10H,1-2,9,11H2,(H,25,30)(H,26,28). The number of hydrogen-bond donors (Lipinski definition) is 2. The number of carbonyl (C=O) groups excluding carboxylic acids is 3. The molecule has 0 aliphatic carbocycles. The number of nitrogens with one attached hydrogen (secondary N) is 2. The van der Waals surface area contributed by atoms with Crippen LogP contribution in [0.2, 0.25) is 5.02 Å². The summed E-state index contributed by atoms with van der Waals surface area (Å²) in [6, 6.07) is 9.34. The average Bonchev–Trinajstić information content (AvgIpc) is 3.13. The molecule has 1 saturated heterocycles. The molecule has 0 aromatic heterocycles. The molecule has 0 bridgehead atoms. The fraction of sp³-hybridized carbons (Fsp3) is 0.250. The van der Waals surface area contributed by atoms with E-state index in [4.69, 9.17) is 11.6 Å². The maximum atomic E-state index is 12.9. The van der Waals surface area contributed by atoms with Crippen molar-refractivity contribution in [3.05, 3.63) is 58.6 Å². The zero-order valence-corrected chi connectivity index (χ0v) is 16.3. The molecule has 1 aliphatic rings. The quantitative estimate of drug-likeness (QED) is 0.742. The molecule has 0 atom stereocenters. The molecule has 158 valence electrons. The molecule has 3 amide bonds. The lowest BCUT2D eigenvalue weighted by Gasteiger charge is -2.15. The smallest absolute Gasteiger partial charge is 0.343 e. The number of hydrogen-bond acceptors (Lipinski definition) is 3. The first-order valence-corrected chi connectivity index (χ1v) is 9.38. The summed E-state index contributed by atoms with van der Waals surface area (Å²) < 4.78 is 38.6. The molecule has 1 aliphatic heterocycles. The maximum Gasteiger partial charge on any atom is 0.417 e. The van der Waals surface area contributed by atoms with E-state index in [0.29, 0.717) is 18.7 Å². The van der Waals surface area contributed by atoms with Crippen molar-refractivity contribution in [3.8, 4) is 0 Å². The lowest BCUT2D eigenvalue weighted by atomic mass is 10.2. The molecule has 10 heteroatoms. The van der Waals surface area contributed by atoms with Gasteiger partial charge in [-0.15, -0.1) is 0 Å². The van der Waals surface area contributed by atoms with Gasteiger partial charge in [0, 0.05) is 29.9 Å². The third-order valence-corrected chi connectivity index (χ3v) is 4.81. The molecule has 30 heavy (non-hydrogen) atoms. The fourth-order valence-electron chi connectivity index (χ4n) is 3.00. The Morgan fingerprint density at radius 3 is 2.40 bits per heavy atom. The number of carbonyl (C=O) groups is 3. The molecular weight excluding hydrogens is 423 g/mol. The van der Waals surface area contributed by atoms with Gasteiger partial charge in [-0.3, -0.25) is 14.4 Å². The first-order chi connectivity index (χ1) is 14.1. The van der Waals surface area contributed by atoms with E-state index in [1.165, 1.54) is 18.2 Å². The molecule has 2 aromatic carbocycles. The van der Waals surface area contributed by atoms with Crippen LogP contribution in [-0.2, 0) is 15.8 Å². The van der Waals surface area contributed by atoms with Crippen LogP contribution >= 0.6 is 11.6 Å². The number of anilines is 2. The Hall–Kier alpha value is -3.07. The minimum absolute atomic E-state index is 0.0275. The van der Waals surface area contributed by atoms with E-state index in [9.17, 15) is 27.6 Å². The molecule has 0 unspecified atom stereocenters. The van der Waals surface area contributed by atoms with Gasteiger partial charge < -0.3 is 15.5 Å². The van der Waals surface area contributed by atoms with Gasteiger partial charge in [-0.25, -0.2) is 0 Å². The SMILES string of the molecule is O=C(CNC(=O)c1ccc(N2CCCC2=O)cc1)Nc1ccc(Cl)c(C(F)(F)F)c1. The van der Waals surface area contributed by atoms with Gasteiger partial charge in [0.1, 0.15) is 0 Å². The number of halogens is 4. The summed E-state index contributed by atoms with van der Waals surface area (Å²) in [6.45, 7) is 0.195. The molecule has 0 saturated carbocycles. The number of rotatable bonds is 5. The van der Waals surface area contributed by atoms with Crippen LogP contribution in [0.15, 0.2) is 42.5 Å². The highest BCUT2D eigenvalue weighted by Crippen LogP contribution is 2.36. The molecule has 1 fully saturated rings. The number of benzene rings is 2. The summed E-state index contributed by atoms with van der Waals surface area (Å²) in [6.07, 6.45) is -3.37. The molecule has 2 aromatic rings. The second-order valence-corrected chi connectivity index (χ2v) is 7.03. The number of alkyl halides is 3. The Balaban J connectivity index is 1.56. The first-order valence-electron chi connectivity index (χ1n) is 9.00. The Labute approximate surface area is 175 Å². The van der Waals surface area contributed by atoms with Crippen molar-refractivity contribution in [2.75, 3.05) is 23.3 Å². The highest BCUT2D eigenvalue weighted by molar-refractivity contribution is 6.31. The Morgan fingerprint density at radius 2 is 1.80 bits per heavy atom. The van der Waals surface area contributed by atoms with Crippen molar-refractivity contribution in [2.45, 2.75) is 19.0 Å². The summed E-state index contributed by atoms with van der Waals surface area (Å²) in [5.74, 6) is -1.20. The number of nitrogens with zero attached hydrogens (tertiary/aromatic N) is 1. The lowest BCUT2D eigenvalue weighted by Crippen LogP contribution is -2.33. The lowest BCUT2D eigenvalue weighted by molar-refractivity contribution is -0.137. The zero-order valence-electron chi connectivity index (χ0n) is 15.6. The molecule has 6 nitrogen and oxygen atoms in total. The summed E-state index contributed by atoms with van der Waals surface area (Å²) >= 11 is 5.54. The van der Waals surface area contributed by atoms with Crippen LogP contribution in [0.25, 0.3) is 0 Å². The minimum atomic E-state index is -4.65. The van der Waals surface area contributed by atoms with E-state index in [0.717, 1.165) is 18.6 Å². The van der Waals surface area contributed by atoms with Crippen molar-refractivity contribution >= 4 is 40.7 Å². The summed E-state index contributed by atoms with van der Waals surface area (Å²) in [7, 11) is 0. The number of amides is 3. The van der Waals surface area contributed by atoms with E-state index < -0.39 is 35.1 Å². The first kappa shape index (κ1) is 21.6. The van der Waals surface area contributed by atoms with Crippen LogP contribution < -0.4 is 15.5 Å². The predicted octanol–water partition coefficient (Wildman–Crippen LogP) is 3.85. The van der Waals surface area contributed by atoms with Crippen LogP contribution in [0.3, 0.4) is 0 Å². The van der Waals surface area contributed by atoms with Crippen molar-refractivity contribution in [2.24, 2.45) is 0 Å². The third kappa shape index (κ3) is 5.10. The van der Waals surface area contributed by atoms with Crippen LogP contribution in [0.1, 0.15) is 28.8 Å². The topological polar surface area (TPSA) is 78.5 Å². The maximum absolute atomic E-state index is 12.9. The molecule has 1 heterocycles. The summed E-state index contributed by atoms with van der Waals surface area (Å²) in [5.41, 5.74) is -0.188. The van der Waals surface area contributed by atoms with Gasteiger partial charge in [0.25, 0.3) is 5.91 Å². The monoisotopic (exact) mass is 439 g/mol. The van der Waals surface area contributed by atoms with Crippen LogP contribution in [-0.4, -0.2) is 30.8 Å². The van der Waals surface area contributed by atoms with Gasteiger partial charge in [-0.1, -0.05) is 11.6 Å². The second kappa shape index (κ2) is 8.74. The van der Waals surface area contributed by atoms with Gasteiger partial charge in [0.05, 0.1) is 17.1 Å². The van der Waals surface area contributed by atoms with Gasteiger partial charge in [0.2, 0.25) is 11.8 Å². The summed E-state index contributed by atoms with van der Waals surface area (Å²) in [4.78, 5) is 37.5. The Kier molecular flexibility index (Phi) is 6.31. The van der Waals surface area contributed by atoms with E-state index in [2.05, 4.69) is 10.6 Å². The molecule has 0 spiro atoms. The largest absolute Gasteiger partial charge is 0.417 e. The highest BCUT2D eigenvalue weighted by atomic mass is 35.5. The van der Waals surface area contributed by atoms with Crippen LogP contribution in [0.4, 0.5) is 24.5 Å². The van der Waals surface area contributed by atoms with E-state index >= 15 is 0 Å².